The van der Waals surface area contributed by atoms with Gasteiger partial charge in [0.1, 0.15) is 0 Å². The molecule has 3 nitrogen and oxygen atoms in total. The van der Waals surface area contributed by atoms with Crippen molar-refractivity contribution in [3.63, 3.8) is 0 Å². The first kappa shape index (κ1) is 20.1. The molecule has 3 atom stereocenters. The molecule has 0 aliphatic heterocycles. The molecule has 23 heavy (non-hydrogen) atoms. The predicted octanol–water partition coefficient (Wildman–Crippen LogP) is 4.23. The second-order valence-corrected chi connectivity index (χ2v) is 9.06. The van der Waals surface area contributed by atoms with Gasteiger partial charge in [-0.05, 0) is 45.1 Å². The van der Waals surface area contributed by atoms with Crippen molar-refractivity contribution in [1.29, 1.82) is 0 Å². The third-order valence-corrected chi connectivity index (χ3v) is 5.18. The van der Waals surface area contributed by atoms with Gasteiger partial charge in [0.2, 0.25) is 0 Å². The van der Waals surface area contributed by atoms with Crippen molar-refractivity contribution in [1.82, 2.24) is 4.72 Å². The van der Waals surface area contributed by atoms with Crippen molar-refractivity contribution >= 4 is 11.0 Å². The highest BCUT2D eigenvalue weighted by Gasteiger charge is 2.23. The van der Waals surface area contributed by atoms with Gasteiger partial charge in [-0.25, -0.2) is 8.93 Å². The molecule has 0 aliphatic carbocycles. The average molecular weight is 338 g/mol. The van der Waals surface area contributed by atoms with E-state index in [4.69, 9.17) is 4.74 Å². The molecule has 0 amide bonds. The second-order valence-electron chi connectivity index (χ2n) is 7.06. The van der Waals surface area contributed by atoms with E-state index in [1.807, 2.05) is 45.0 Å². The third kappa shape index (κ3) is 8.45. The molecule has 0 radical (unpaired) electrons. The standard InChI is InChI=1S/C19H31NO2S/c1-6-10-16(2)13-18(20-23(21)19(3,4)5)15-22-14-17-11-8-7-9-12-17/h6-9,11-12,16,18,20H,1,10,13-15H2,2-5H3/t16-,18-,23?/m0/s1. The van der Waals surface area contributed by atoms with Gasteiger partial charge in [0, 0.05) is 6.04 Å². The van der Waals surface area contributed by atoms with E-state index in [0.717, 1.165) is 18.4 Å². The SMILES string of the molecule is C=CC[C@H](C)C[C@@H](COCc1ccccc1)NS(=O)C(C)(C)C. The van der Waals surface area contributed by atoms with Crippen LogP contribution in [-0.4, -0.2) is 21.6 Å². The smallest absolute Gasteiger partial charge is 0.0973 e. The number of benzene rings is 1. The van der Waals surface area contributed by atoms with Crippen LogP contribution < -0.4 is 4.72 Å². The maximum absolute atomic E-state index is 12.4. The largest absolute Gasteiger partial charge is 0.375 e. The zero-order chi connectivity index (χ0) is 17.3. The summed E-state index contributed by atoms with van der Waals surface area (Å²) in [5, 5.41) is 0. The quantitative estimate of drug-likeness (QED) is 0.649. The lowest BCUT2D eigenvalue weighted by atomic mass is 9.99. The van der Waals surface area contributed by atoms with Gasteiger partial charge in [-0.15, -0.1) is 6.58 Å². The van der Waals surface area contributed by atoms with Gasteiger partial charge < -0.3 is 4.74 Å². The number of rotatable bonds is 10. The Bertz CT molecular complexity index is 482. The Hall–Kier alpha value is -0.970. The monoisotopic (exact) mass is 337 g/mol. The van der Waals surface area contributed by atoms with Crippen LogP contribution in [0.5, 0.6) is 0 Å². The highest BCUT2D eigenvalue weighted by molar-refractivity contribution is 7.84. The van der Waals surface area contributed by atoms with Crippen molar-refractivity contribution in [2.75, 3.05) is 6.61 Å². The normalized spacial score (nSPS) is 15.8. The highest BCUT2D eigenvalue weighted by Crippen LogP contribution is 2.15. The van der Waals surface area contributed by atoms with Crippen molar-refractivity contribution in [3.8, 4) is 0 Å². The Morgan fingerprint density at radius 3 is 2.52 bits per heavy atom. The Morgan fingerprint density at radius 2 is 1.96 bits per heavy atom. The molecule has 0 saturated carbocycles. The van der Waals surface area contributed by atoms with Gasteiger partial charge in [-0.2, -0.15) is 0 Å². The lowest BCUT2D eigenvalue weighted by molar-refractivity contribution is 0.0984. The number of nitrogens with one attached hydrogen (secondary N) is 1. The van der Waals surface area contributed by atoms with Crippen molar-refractivity contribution in [2.45, 2.75) is 57.9 Å². The van der Waals surface area contributed by atoms with Crippen LogP contribution in [0.1, 0.15) is 46.1 Å². The Labute approximate surface area is 144 Å². The molecule has 1 unspecified atom stereocenters. The first-order valence-electron chi connectivity index (χ1n) is 8.23. The molecule has 0 aliphatic rings. The van der Waals surface area contributed by atoms with Crippen LogP contribution in [0, 0.1) is 5.92 Å². The summed E-state index contributed by atoms with van der Waals surface area (Å²) in [4.78, 5) is 0. The van der Waals surface area contributed by atoms with E-state index in [9.17, 15) is 4.21 Å². The maximum Gasteiger partial charge on any atom is 0.0973 e. The minimum absolute atomic E-state index is 0.0775. The molecule has 130 valence electrons. The summed E-state index contributed by atoms with van der Waals surface area (Å²) in [6.45, 7) is 13.1. The van der Waals surface area contributed by atoms with Gasteiger partial charge in [0.05, 0.1) is 28.9 Å². The number of ether oxygens (including phenoxy) is 1. The zero-order valence-corrected chi connectivity index (χ0v) is 15.7. The minimum Gasteiger partial charge on any atom is -0.375 e. The molecule has 0 saturated heterocycles. The van der Waals surface area contributed by atoms with E-state index >= 15 is 0 Å². The first-order chi connectivity index (χ1) is 10.8. The van der Waals surface area contributed by atoms with E-state index in [0.29, 0.717) is 19.1 Å². The molecule has 0 spiro atoms. The van der Waals surface area contributed by atoms with E-state index in [1.165, 1.54) is 0 Å². The van der Waals surface area contributed by atoms with E-state index in [1.54, 1.807) is 0 Å². The molecule has 1 N–H and O–H groups in total. The number of hydrogen-bond acceptors (Lipinski definition) is 2. The lowest BCUT2D eigenvalue weighted by Crippen LogP contribution is -2.42. The van der Waals surface area contributed by atoms with Crippen LogP contribution in [0.15, 0.2) is 43.0 Å². The van der Waals surface area contributed by atoms with Crippen LogP contribution in [-0.2, 0) is 22.3 Å². The Kier molecular flexibility index (Phi) is 8.74. The minimum atomic E-state index is -1.09. The highest BCUT2D eigenvalue weighted by atomic mass is 32.2. The van der Waals surface area contributed by atoms with Gasteiger partial charge in [0.25, 0.3) is 0 Å². The van der Waals surface area contributed by atoms with Crippen LogP contribution in [0.3, 0.4) is 0 Å². The predicted molar refractivity (Wildman–Crippen MR) is 99.5 cm³/mol. The fraction of sp³-hybridized carbons (Fsp3) is 0.579. The molecule has 1 rings (SSSR count). The second kappa shape index (κ2) is 10.0. The fourth-order valence-electron chi connectivity index (χ4n) is 2.24. The summed E-state index contributed by atoms with van der Waals surface area (Å²) in [5.41, 5.74) is 1.15. The summed E-state index contributed by atoms with van der Waals surface area (Å²) in [7, 11) is -1.09. The number of allylic oxidation sites excluding steroid dienone is 1. The molecule has 0 fully saturated rings. The molecule has 0 heterocycles. The van der Waals surface area contributed by atoms with Crippen LogP contribution in [0.2, 0.25) is 0 Å². The molecule has 0 bridgehead atoms. The zero-order valence-electron chi connectivity index (χ0n) is 14.9. The Balaban J connectivity index is 2.55. The third-order valence-electron chi connectivity index (χ3n) is 3.52. The van der Waals surface area contributed by atoms with Crippen LogP contribution in [0.4, 0.5) is 0 Å². The van der Waals surface area contributed by atoms with E-state index in [-0.39, 0.29) is 10.8 Å². The van der Waals surface area contributed by atoms with Crippen molar-refractivity contribution in [3.05, 3.63) is 48.6 Å². The van der Waals surface area contributed by atoms with E-state index < -0.39 is 11.0 Å². The molecular formula is C19H31NO2S. The van der Waals surface area contributed by atoms with Gasteiger partial charge in [-0.1, -0.05) is 43.3 Å². The Morgan fingerprint density at radius 1 is 1.30 bits per heavy atom. The van der Waals surface area contributed by atoms with Gasteiger partial charge >= 0.3 is 0 Å². The van der Waals surface area contributed by atoms with Gasteiger partial charge in [0.15, 0.2) is 0 Å². The molecule has 4 heteroatoms. The lowest BCUT2D eigenvalue weighted by Gasteiger charge is -2.26. The van der Waals surface area contributed by atoms with Crippen LogP contribution in [0.25, 0.3) is 0 Å². The van der Waals surface area contributed by atoms with Crippen LogP contribution >= 0.6 is 0 Å². The fourth-order valence-corrected chi connectivity index (χ4v) is 3.06. The summed E-state index contributed by atoms with van der Waals surface area (Å²) in [5.74, 6) is 0.488. The maximum atomic E-state index is 12.4. The molecule has 1 aromatic carbocycles. The molecule has 0 aromatic heterocycles. The summed E-state index contributed by atoms with van der Waals surface area (Å²) in [6, 6.07) is 10.2. The first-order valence-corrected chi connectivity index (χ1v) is 9.38. The average Bonchev–Trinajstić information content (AvgIpc) is 2.47. The van der Waals surface area contributed by atoms with Crippen molar-refractivity contribution < 1.29 is 8.95 Å². The summed E-state index contributed by atoms with van der Waals surface area (Å²) >= 11 is 0. The topological polar surface area (TPSA) is 38.3 Å². The summed E-state index contributed by atoms with van der Waals surface area (Å²) < 4.78 is 21.2. The summed E-state index contributed by atoms with van der Waals surface area (Å²) in [6.07, 6.45) is 3.81. The van der Waals surface area contributed by atoms with Crippen molar-refractivity contribution in [2.24, 2.45) is 5.92 Å². The van der Waals surface area contributed by atoms with E-state index in [2.05, 4.69) is 30.4 Å². The molecular weight excluding hydrogens is 306 g/mol. The van der Waals surface area contributed by atoms with Gasteiger partial charge in [-0.3, -0.25) is 0 Å². The number of hydrogen-bond donors (Lipinski definition) is 1. The molecule has 1 aromatic rings.